The van der Waals surface area contributed by atoms with Crippen molar-refractivity contribution in [3.05, 3.63) is 12.2 Å². The van der Waals surface area contributed by atoms with Gasteiger partial charge in [0.05, 0.1) is 27.7 Å². The van der Waals surface area contributed by atoms with Crippen molar-refractivity contribution in [2.75, 3.05) is 47.5 Å². The molecule has 470 valence electrons. The predicted molar refractivity (Wildman–Crippen MR) is 338 cm³/mol. The van der Waals surface area contributed by atoms with E-state index in [1.165, 1.54) is 302 Å². The summed E-state index contributed by atoms with van der Waals surface area (Å²) >= 11 is 0. The van der Waals surface area contributed by atoms with Gasteiger partial charge in [0.25, 0.3) is 7.82 Å². The standard InChI is InChI=1S/C69H136NO8P/c1-6-8-10-12-14-16-18-20-22-23-24-25-26-27-28-29-30-31-32-33-34-35-36-37-38-39-40-41-42-43-44-45-46-47-48-50-52-54-56-58-60-62-69(72)78-67(66-77-79(73,74)76-64-63-70(3,4)5)65-75-68(71)61-59-57-55-53-51-49-21-19-17-15-13-11-9-7-2/h23-24,67H,6-22,25-66H2,1-5H3/b24-23-. The third kappa shape index (κ3) is 65.8. The van der Waals surface area contributed by atoms with Crippen LogP contribution in [0.3, 0.4) is 0 Å². The molecule has 0 aliphatic heterocycles. The van der Waals surface area contributed by atoms with E-state index in [2.05, 4.69) is 26.0 Å². The number of allylic oxidation sites excluding steroid dienone is 2. The van der Waals surface area contributed by atoms with Crippen LogP contribution < -0.4 is 4.89 Å². The largest absolute Gasteiger partial charge is 0.756 e. The Hall–Kier alpha value is -1.25. The Morgan fingerprint density at radius 3 is 0.937 bits per heavy atom. The van der Waals surface area contributed by atoms with E-state index >= 15 is 0 Å². The number of carbonyl (C=O) groups excluding carboxylic acids is 2. The Bertz CT molecular complexity index is 1340. The number of esters is 2. The molecule has 2 atom stereocenters. The molecule has 0 aromatic heterocycles. The van der Waals surface area contributed by atoms with Gasteiger partial charge in [0.2, 0.25) is 0 Å². The fourth-order valence-electron chi connectivity index (χ4n) is 10.7. The highest BCUT2D eigenvalue weighted by molar-refractivity contribution is 7.45. The zero-order chi connectivity index (χ0) is 57.7. The topological polar surface area (TPSA) is 111 Å². The highest BCUT2D eigenvalue weighted by Crippen LogP contribution is 2.38. The van der Waals surface area contributed by atoms with E-state index in [9.17, 15) is 19.0 Å². The maximum atomic E-state index is 12.8. The smallest absolute Gasteiger partial charge is 0.306 e. The normalized spacial score (nSPS) is 13.1. The Balaban J connectivity index is 3.80. The number of phosphoric ester groups is 1. The molecule has 0 rings (SSSR count). The summed E-state index contributed by atoms with van der Waals surface area (Å²) in [6.45, 7) is 4.30. The van der Waals surface area contributed by atoms with Crippen molar-refractivity contribution in [1.82, 2.24) is 0 Å². The molecule has 0 saturated carbocycles. The average Bonchev–Trinajstić information content (AvgIpc) is 3.41. The van der Waals surface area contributed by atoms with E-state index in [1.54, 1.807) is 0 Å². The van der Waals surface area contributed by atoms with Gasteiger partial charge in [-0.05, 0) is 38.5 Å². The maximum absolute atomic E-state index is 12.8. The highest BCUT2D eigenvalue weighted by Gasteiger charge is 2.22. The van der Waals surface area contributed by atoms with E-state index in [-0.39, 0.29) is 32.0 Å². The lowest BCUT2D eigenvalue weighted by Gasteiger charge is -2.28. The number of unbranched alkanes of at least 4 members (excludes halogenated alkanes) is 50. The van der Waals surface area contributed by atoms with Crippen LogP contribution in [0, 0.1) is 0 Å². The summed E-state index contributed by atoms with van der Waals surface area (Å²) < 4.78 is 34.2. The molecular weight excluding hydrogens is 1000 g/mol. The zero-order valence-electron chi connectivity index (χ0n) is 53.6. The van der Waals surface area contributed by atoms with Crippen LogP contribution >= 0.6 is 7.82 Å². The molecule has 0 aliphatic carbocycles. The highest BCUT2D eigenvalue weighted by atomic mass is 31.2. The summed E-state index contributed by atoms with van der Waals surface area (Å²) in [6.07, 6.45) is 74.7. The molecule has 0 amide bonds. The first kappa shape index (κ1) is 77.8. The quantitative estimate of drug-likeness (QED) is 0.0195. The Morgan fingerprint density at radius 1 is 0.380 bits per heavy atom. The number of nitrogens with zero attached hydrogens (tertiary/aromatic N) is 1. The van der Waals surface area contributed by atoms with Crippen LogP contribution in [-0.2, 0) is 32.7 Å². The minimum absolute atomic E-state index is 0.0257. The lowest BCUT2D eigenvalue weighted by atomic mass is 10.0. The number of quaternary nitrogens is 1. The van der Waals surface area contributed by atoms with E-state index in [1.807, 2.05) is 21.1 Å². The molecule has 0 bridgehead atoms. The number of carbonyl (C=O) groups is 2. The molecule has 79 heavy (non-hydrogen) atoms. The predicted octanol–water partition coefficient (Wildman–Crippen LogP) is 21.7. The molecule has 0 spiro atoms. The van der Waals surface area contributed by atoms with Gasteiger partial charge < -0.3 is 27.9 Å². The number of hydrogen-bond acceptors (Lipinski definition) is 8. The van der Waals surface area contributed by atoms with Gasteiger partial charge >= 0.3 is 11.9 Å². The summed E-state index contributed by atoms with van der Waals surface area (Å²) in [5.74, 6) is -0.810. The number of hydrogen-bond donors (Lipinski definition) is 0. The summed E-state index contributed by atoms with van der Waals surface area (Å²) in [6, 6.07) is 0. The van der Waals surface area contributed by atoms with Gasteiger partial charge in [-0.2, -0.15) is 0 Å². The van der Waals surface area contributed by atoms with Gasteiger partial charge in [-0.15, -0.1) is 0 Å². The molecule has 2 unspecified atom stereocenters. The molecule has 0 aliphatic rings. The lowest BCUT2D eigenvalue weighted by molar-refractivity contribution is -0.870. The van der Waals surface area contributed by atoms with Gasteiger partial charge in [-0.1, -0.05) is 328 Å². The van der Waals surface area contributed by atoms with E-state index in [0.717, 1.165) is 32.1 Å². The molecular formula is C69H136NO8P. The van der Waals surface area contributed by atoms with Crippen molar-refractivity contribution >= 4 is 19.8 Å². The number of rotatable bonds is 66. The Labute approximate surface area is 492 Å². The minimum Gasteiger partial charge on any atom is -0.756 e. The Morgan fingerprint density at radius 2 is 0.646 bits per heavy atom. The molecule has 10 heteroatoms. The van der Waals surface area contributed by atoms with Crippen LogP contribution in [0.15, 0.2) is 12.2 Å². The number of ether oxygens (including phenoxy) is 2. The van der Waals surface area contributed by atoms with Crippen molar-refractivity contribution in [3.63, 3.8) is 0 Å². The lowest BCUT2D eigenvalue weighted by Crippen LogP contribution is -2.37. The molecule has 0 radical (unpaired) electrons. The van der Waals surface area contributed by atoms with Gasteiger partial charge in [0.1, 0.15) is 19.8 Å². The van der Waals surface area contributed by atoms with E-state index in [4.69, 9.17) is 18.5 Å². The van der Waals surface area contributed by atoms with Crippen molar-refractivity contribution < 1.29 is 42.1 Å². The number of phosphoric acid groups is 1. The van der Waals surface area contributed by atoms with Crippen LogP contribution in [0.1, 0.15) is 367 Å². The second-order valence-electron chi connectivity index (χ2n) is 25.3. The number of likely N-dealkylation sites (N-methyl/N-ethyl adjacent to an activating group) is 1. The summed E-state index contributed by atoms with van der Waals surface area (Å²) in [5.41, 5.74) is 0. The first-order valence-corrected chi connectivity index (χ1v) is 36.4. The molecule has 0 N–H and O–H groups in total. The van der Waals surface area contributed by atoms with Gasteiger partial charge in [0.15, 0.2) is 6.10 Å². The van der Waals surface area contributed by atoms with Crippen LogP contribution in [0.4, 0.5) is 0 Å². The third-order valence-corrected chi connectivity index (χ3v) is 17.0. The minimum atomic E-state index is -4.63. The second kappa shape index (κ2) is 61.3. The van der Waals surface area contributed by atoms with Gasteiger partial charge in [-0.3, -0.25) is 14.2 Å². The van der Waals surface area contributed by atoms with Crippen molar-refractivity contribution in [2.24, 2.45) is 0 Å². The second-order valence-corrected chi connectivity index (χ2v) is 26.7. The molecule has 9 nitrogen and oxygen atoms in total. The molecule has 0 fully saturated rings. The first-order valence-electron chi connectivity index (χ1n) is 34.9. The zero-order valence-corrected chi connectivity index (χ0v) is 54.5. The van der Waals surface area contributed by atoms with Crippen molar-refractivity contribution in [2.45, 2.75) is 373 Å². The molecule has 0 aromatic rings. The maximum Gasteiger partial charge on any atom is 0.306 e. The van der Waals surface area contributed by atoms with Gasteiger partial charge in [0, 0.05) is 12.8 Å². The SMILES string of the molecule is CCCCCCCCCC/C=C\CCCCCCCCCCCCCCCCCCCCCCCCCCCCCCCC(=O)OC(COC(=O)CCCCCCCCCCCCCCCC)COP(=O)([O-])OCC[N+](C)(C)C. The monoisotopic (exact) mass is 1140 g/mol. The summed E-state index contributed by atoms with van der Waals surface area (Å²) in [4.78, 5) is 37.9. The van der Waals surface area contributed by atoms with Crippen molar-refractivity contribution in [1.29, 1.82) is 0 Å². The molecule has 0 heterocycles. The van der Waals surface area contributed by atoms with Crippen LogP contribution in [0.2, 0.25) is 0 Å². The van der Waals surface area contributed by atoms with Crippen molar-refractivity contribution in [3.8, 4) is 0 Å². The molecule has 0 aromatic carbocycles. The summed E-state index contributed by atoms with van der Waals surface area (Å²) in [7, 11) is 1.19. The fourth-order valence-corrected chi connectivity index (χ4v) is 11.4. The molecule has 0 saturated heterocycles. The van der Waals surface area contributed by atoms with Crippen LogP contribution in [-0.4, -0.2) is 70.0 Å². The summed E-state index contributed by atoms with van der Waals surface area (Å²) in [5, 5.41) is 0. The average molecular weight is 1140 g/mol. The third-order valence-electron chi connectivity index (χ3n) is 16.0. The van der Waals surface area contributed by atoms with E-state index < -0.39 is 26.5 Å². The van der Waals surface area contributed by atoms with Gasteiger partial charge in [-0.25, -0.2) is 0 Å². The van der Waals surface area contributed by atoms with E-state index in [0.29, 0.717) is 17.4 Å². The first-order chi connectivity index (χ1) is 38.5. The fraction of sp³-hybridized carbons (Fsp3) is 0.942. The Kier molecular flexibility index (Phi) is 60.3. The van der Waals surface area contributed by atoms with Crippen LogP contribution in [0.5, 0.6) is 0 Å². The van der Waals surface area contributed by atoms with Crippen LogP contribution in [0.25, 0.3) is 0 Å².